The molecule has 0 saturated carbocycles. The summed E-state index contributed by atoms with van der Waals surface area (Å²) in [5.41, 5.74) is 8.52. The molecule has 3 aromatic heterocycles. The number of hydrogen-bond acceptors (Lipinski definition) is 7. The zero-order chi connectivity index (χ0) is 20.9. The summed E-state index contributed by atoms with van der Waals surface area (Å²) < 4.78 is 5.93. The topological polar surface area (TPSA) is 77.2 Å². The fourth-order valence-electron chi connectivity index (χ4n) is 3.62. The van der Waals surface area contributed by atoms with Gasteiger partial charge in [-0.2, -0.15) is 0 Å². The van der Waals surface area contributed by atoms with E-state index in [1.165, 1.54) is 17.8 Å². The second kappa shape index (κ2) is 9.24. The molecule has 0 atom stereocenters. The molecule has 0 bridgehead atoms. The molecular weight excluding hydrogens is 394 g/mol. The van der Waals surface area contributed by atoms with Crippen LogP contribution in [0.5, 0.6) is 5.75 Å². The third-order valence-electron chi connectivity index (χ3n) is 5.44. The zero-order valence-electron chi connectivity index (χ0n) is 17.0. The van der Waals surface area contributed by atoms with Crippen molar-refractivity contribution in [2.24, 2.45) is 0 Å². The Bertz CT molecular complexity index is 1050. The number of anilines is 1. The minimum absolute atomic E-state index is 0.344. The number of terminal acetylenes is 1. The lowest BCUT2D eigenvalue weighted by Gasteiger charge is -2.29. The van der Waals surface area contributed by atoms with Crippen LogP contribution in [-0.4, -0.2) is 39.5 Å². The fourth-order valence-corrected chi connectivity index (χ4v) is 4.68. The molecule has 4 rings (SSSR count). The number of rotatable bonds is 6. The predicted molar refractivity (Wildman–Crippen MR) is 120 cm³/mol. The summed E-state index contributed by atoms with van der Waals surface area (Å²) in [5, 5.41) is 1.21. The van der Waals surface area contributed by atoms with E-state index < -0.39 is 0 Å². The molecule has 0 amide bonds. The van der Waals surface area contributed by atoms with Gasteiger partial charge in [0.25, 0.3) is 0 Å². The van der Waals surface area contributed by atoms with Gasteiger partial charge in [-0.05, 0) is 56.2 Å². The molecule has 0 aromatic carbocycles. The second-order valence-electron chi connectivity index (χ2n) is 7.36. The first-order chi connectivity index (χ1) is 14.7. The van der Waals surface area contributed by atoms with Gasteiger partial charge in [-0.15, -0.1) is 17.8 Å². The summed E-state index contributed by atoms with van der Waals surface area (Å²) in [5.74, 6) is 3.99. The van der Waals surface area contributed by atoms with Gasteiger partial charge < -0.3 is 15.4 Å². The van der Waals surface area contributed by atoms with E-state index in [9.17, 15) is 0 Å². The van der Waals surface area contributed by atoms with E-state index in [4.69, 9.17) is 21.9 Å². The molecule has 1 fully saturated rings. The molecule has 6 nitrogen and oxygen atoms in total. The quantitative estimate of drug-likeness (QED) is 0.610. The Labute approximate surface area is 181 Å². The Kier molecular flexibility index (Phi) is 6.26. The lowest BCUT2D eigenvalue weighted by atomic mass is 9.98. The number of thiazole rings is 1. The van der Waals surface area contributed by atoms with Gasteiger partial charge in [0.15, 0.2) is 11.6 Å². The molecule has 154 valence electrons. The number of nitrogens with zero attached hydrogens (tertiary/aromatic N) is 4. The van der Waals surface area contributed by atoms with Gasteiger partial charge >= 0.3 is 0 Å². The van der Waals surface area contributed by atoms with Crippen molar-refractivity contribution < 1.29 is 4.74 Å². The summed E-state index contributed by atoms with van der Waals surface area (Å²) in [7, 11) is 0. The maximum absolute atomic E-state index is 6.04. The highest BCUT2D eigenvalue weighted by molar-refractivity contribution is 7.15. The van der Waals surface area contributed by atoms with Crippen LogP contribution in [0.1, 0.15) is 41.9 Å². The van der Waals surface area contributed by atoms with E-state index in [0.29, 0.717) is 29.8 Å². The van der Waals surface area contributed by atoms with Crippen molar-refractivity contribution in [2.75, 3.05) is 25.4 Å². The number of pyridine rings is 2. The smallest absolute Gasteiger partial charge is 0.166 e. The monoisotopic (exact) mass is 419 g/mol. The maximum atomic E-state index is 6.04. The Morgan fingerprint density at radius 1 is 1.23 bits per heavy atom. The van der Waals surface area contributed by atoms with Gasteiger partial charge in [0.2, 0.25) is 0 Å². The summed E-state index contributed by atoms with van der Waals surface area (Å²) in [6.45, 7) is 5.98. The van der Waals surface area contributed by atoms with Crippen molar-refractivity contribution >= 4 is 17.2 Å². The first-order valence-corrected chi connectivity index (χ1v) is 11.0. The van der Waals surface area contributed by atoms with Crippen LogP contribution < -0.4 is 10.5 Å². The van der Waals surface area contributed by atoms with E-state index in [-0.39, 0.29) is 0 Å². The predicted octanol–water partition coefficient (Wildman–Crippen LogP) is 3.94. The number of hydrogen-bond donors (Lipinski definition) is 1. The lowest BCUT2D eigenvalue weighted by molar-refractivity contribution is 0.222. The number of aromatic nitrogens is 3. The van der Waals surface area contributed by atoms with E-state index in [0.717, 1.165) is 35.6 Å². The van der Waals surface area contributed by atoms with E-state index >= 15 is 0 Å². The van der Waals surface area contributed by atoms with Crippen LogP contribution in [0.4, 0.5) is 5.82 Å². The molecule has 0 unspecified atom stereocenters. The molecule has 4 heterocycles. The number of nitrogens with two attached hydrogens (primary N) is 1. The normalized spacial score (nSPS) is 15.1. The van der Waals surface area contributed by atoms with Crippen LogP contribution in [0.15, 0.2) is 36.8 Å². The molecule has 30 heavy (non-hydrogen) atoms. The maximum Gasteiger partial charge on any atom is 0.166 e. The molecular formula is C23H25N5OS. The van der Waals surface area contributed by atoms with Gasteiger partial charge in [0.05, 0.1) is 9.88 Å². The highest BCUT2D eigenvalue weighted by Crippen LogP contribution is 2.36. The lowest BCUT2D eigenvalue weighted by Crippen LogP contribution is -2.32. The Morgan fingerprint density at radius 2 is 2.07 bits per heavy atom. The Balaban J connectivity index is 1.47. The average molecular weight is 420 g/mol. The third kappa shape index (κ3) is 4.61. The molecule has 3 aromatic rings. The molecule has 0 radical (unpaired) electrons. The van der Waals surface area contributed by atoms with Crippen LogP contribution in [0.2, 0.25) is 0 Å². The third-order valence-corrected chi connectivity index (χ3v) is 6.65. The highest BCUT2D eigenvalue weighted by atomic mass is 32.1. The van der Waals surface area contributed by atoms with Crippen molar-refractivity contribution in [3.63, 3.8) is 0 Å². The highest BCUT2D eigenvalue weighted by Gasteiger charge is 2.22. The van der Waals surface area contributed by atoms with Crippen molar-refractivity contribution in [2.45, 2.75) is 32.3 Å². The molecule has 0 aliphatic carbocycles. The Hall–Kier alpha value is -2.95. The Morgan fingerprint density at radius 3 is 2.83 bits per heavy atom. The first-order valence-electron chi connectivity index (χ1n) is 10.1. The number of piperidine rings is 1. The minimum atomic E-state index is 0.344. The average Bonchev–Trinajstić information content (AvgIpc) is 3.29. The molecule has 0 spiro atoms. The van der Waals surface area contributed by atoms with Crippen molar-refractivity contribution in [3.05, 3.63) is 53.1 Å². The molecule has 2 N–H and O–H groups in total. The van der Waals surface area contributed by atoms with Crippen molar-refractivity contribution in [1.29, 1.82) is 0 Å². The van der Waals surface area contributed by atoms with Crippen molar-refractivity contribution in [1.82, 2.24) is 19.9 Å². The number of likely N-dealkylation sites (tertiary alicyclic amines) is 1. The number of nitrogen functional groups attached to an aromatic ring is 1. The largest absolute Gasteiger partial charge is 0.485 e. The zero-order valence-corrected chi connectivity index (χ0v) is 17.9. The van der Waals surface area contributed by atoms with Gasteiger partial charge in [0, 0.05) is 30.1 Å². The summed E-state index contributed by atoms with van der Waals surface area (Å²) in [6, 6.07) is 5.63. The van der Waals surface area contributed by atoms with Crippen LogP contribution in [-0.2, 0) is 6.61 Å². The summed E-state index contributed by atoms with van der Waals surface area (Å²) >= 11 is 1.74. The van der Waals surface area contributed by atoms with Crippen molar-refractivity contribution in [3.8, 4) is 28.5 Å². The summed E-state index contributed by atoms with van der Waals surface area (Å²) in [4.78, 5) is 16.7. The molecule has 1 aliphatic rings. The van der Waals surface area contributed by atoms with Crippen LogP contribution in [0.25, 0.3) is 10.4 Å². The molecule has 1 aliphatic heterocycles. The van der Waals surface area contributed by atoms with Gasteiger partial charge in [-0.3, -0.25) is 0 Å². The van der Waals surface area contributed by atoms with Crippen LogP contribution >= 0.6 is 11.3 Å². The van der Waals surface area contributed by atoms with Gasteiger partial charge in [0.1, 0.15) is 12.3 Å². The second-order valence-corrected chi connectivity index (χ2v) is 8.42. The number of ether oxygens (including phenoxy) is 1. The molecule has 7 heteroatoms. The van der Waals surface area contributed by atoms with Gasteiger partial charge in [-0.25, -0.2) is 15.0 Å². The summed E-state index contributed by atoms with van der Waals surface area (Å²) in [6.07, 6.45) is 13.1. The van der Waals surface area contributed by atoms with E-state index in [1.54, 1.807) is 23.7 Å². The molecule has 1 saturated heterocycles. The standard InChI is InChI=1S/C23H25N5OS/c1-3-19-11-16(5-8-25-19)15-29-20-12-18(13-26-22(20)24)21-14-27-23(30-21)17-6-9-28(4-2)10-7-17/h1,5,8,11-14,17H,4,6-7,9-10,15H2,2H3,(H2,24,26). The SMILES string of the molecule is C#Cc1cc(COc2cc(-c3cnc(C4CCN(CC)CC4)s3)cnc2N)ccn1. The first kappa shape index (κ1) is 20.3. The van der Waals surface area contributed by atoms with Crippen LogP contribution in [0.3, 0.4) is 0 Å². The minimum Gasteiger partial charge on any atom is -0.485 e. The van der Waals surface area contributed by atoms with Crippen LogP contribution in [0, 0.1) is 12.3 Å². The van der Waals surface area contributed by atoms with E-state index in [2.05, 4.69) is 27.7 Å². The fraction of sp³-hybridized carbons (Fsp3) is 0.348. The van der Waals surface area contributed by atoms with Gasteiger partial charge in [-0.1, -0.05) is 12.8 Å². The van der Waals surface area contributed by atoms with E-state index in [1.807, 2.05) is 24.4 Å².